The summed E-state index contributed by atoms with van der Waals surface area (Å²) in [6, 6.07) is 0. The first kappa shape index (κ1) is 87.9. The number of ether oxygens (including phenoxy) is 18. The second kappa shape index (κ2) is 41.3. The van der Waals surface area contributed by atoms with Gasteiger partial charge in [0.2, 0.25) is 36.6 Å². The summed E-state index contributed by atoms with van der Waals surface area (Å²) >= 11 is 0. The molecule has 0 saturated carbocycles. The third-order valence-corrected chi connectivity index (χ3v) is 12.5. The Bertz CT molecular complexity index is 3210. The van der Waals surface area contributed by atoms with E-state index >= 15 is 0 Å². The van der Waals surface area contributed by atoms with E-state index < -0.39 is 206 Å². The lowest BCUT2D eigenvalue weighted by atomic mass is 9.90. The molecule has 36 nitrogen and oxygen atoms in total. The van der Waals surface area contributed by atoms with Crippen molar-refractivity contribution in [2.45, 2.75) is 150 Å². The van der Waals surface area contributed by atoms with Gasteiger partial charge in [0, 0.05) is 71.5 Å². The van der Waals surface area contributed by atoms with Crippen molar-refractivity contribution >= 4 is 107 Å². The lowest BCUT2D eigenvalue weighted by Crippen LogP contribution is -2.36. The lowest BCUT2D eigenvalue weighted by Gasteiger charge is -2.21. The molecule has 0 aromatic carbocycles. The number of carbonyl (C=O) groups excluding carboxylic acids is 18. The van der Waals surface area contributed by atoms with Gasteiger partial charge in [0.05, 0.1) is 13.2 Å². The molecule has 0 amide bonds. The van der Waals surface area contributed by atoms with E-state index in [9.17, 15) is 86.3 Å². The van der Waals surface area contributed by atoms with E-state index in [4.69, 9.17) is 47.4 Å². The van der Waals surface area contributed by atoms with Gasteiger partial charge >= 0.3 is 107 Å². The highest BCUT2D eigenvalue weighted by Crippen LogP contribution is 2.33. The summed E-state index contributed by atoms with van der Waals surface area (Å²) in [5.74, 6) is -12.4. The van der Waals surface area contributed by atoms with E-state index in [1.54, 1.807) is 55.4 Å². The molecule has 6 fully saturated rings. The van der Waals surface area contributed by atoms with Crippen LogP contribution in [-0.2, 0) is 172 Å². The third kappa shape index (κ3) is 33.8. The third-order valence-electron chi connectivity index (χ3n) is 12.5. The summed E-state index contributed by atoms with van der Waals surface area (Å²) < 4.78 is 84.8. The molecule has 6 atom stereocenters. The molecule has 6 saturated heterocycles. The fraction of sp³-hybridized carbons (Fsp3) is 0.538. The van der Waals surface area contributed by atoms with Crippen molar-refractivity contribution in [3.05, 3.63) is 74.4 Å². The Balaban J connectivity index is 0.000000607. The van der Waals surface area contributed by atoms with Gasteiger partial charge in [-0.2, -0.15) is 0 Å². The second-order valence-corrected chi connectivity index (χ2v) is 24.0. The smallest absolute Gasteiger partial charge is 0.348 e. The molecule has 101 heavy (non-hydrogen) atoms. The van der Waals surface area contributed by atoms with Gasteiger partial charge in [-0.15, -0.1) is 0 Å². The van der Waals surface area contributed by atoms with Crippen LogP contribution in [0.15, 0.2) is 74.4 Å². The van der Waals surface area contributed by atoms with Gasteiger partial charge in [0.25, 0.3) is 0 Å². The molecule has 0 aromatic rings. The van der Waals surface area contributed by atoms with Crippen molar-refractivity contribution in [2.24, 2.45) is 10.8 Å². The number of rotatable bonds is 24. The maximum atomic E-state index is 11.4. The van der Waals surface area contributed by atoms with Crippen molar-refractivity contribution in [3.63, 3.8) is 0 Å². The molecule has 0 aliphatic carbocycles. The summed E-state index contributed by atoms with van der Waals surface area (Å²) in [5, 5.41) is 0. The van der Waals surface area contributed by atoms with Crippen LogP contribution in [0.25, 0.3) is 0 Å². The first-order chi connectivity index (χ1) is 46.8. The number of esters is 18. The van der Waals surface area contributed by atoms with Gasteiger partial charge in [-0.3, -0.25) is 0 Å². The van der Waals surface area contributed by atoms with E-state index in [0.717, 1.165) is 18.2 Å². The second-order valence-electron chi connectivity index (χ2n) is 24.0. The minimum absolute atomic E-state index is 0.184. The topological polar surface area (TPSA) is 473 Å². The van der Waals surface area contributed by atoms with E-state index in [0.29, 0.717) is 12.8 Å². The van der Waals surface area contributed by atoms with Crippen LogP contribution in [0.1, 0.15) is 102 Å². The molecule has 0 N–H and O–H groups in total. The number of hydrogen-bond acceptors (Lipinski definition) is 36. The van der Waals surface area contributed by atoms with Crippen molar-refractivity contribution in [1.29, 1.82) is 0 Å². The highest BCUT2D eigenvalue weighted by molar-refractivity contribution is 5.92. The fourth-order valence-corrected chi connectivity index (χ4v) is 7.45. The minimum atomic E-state index is -0.964. The highest BCUT2D eigenvalue weighted by Gasteiger charge is 2.48. The van der Waals surface area contributed by atoms with Gasteiger partial charge in [-0.1, -0.05) is 67.2 Å². The largest absolute Gasteiger partial charge is 0.463 e. The standard InChI is InChI=1S/2C12H16O6.2C11H14O6.C10H12O6.C9H10O6/c1-7(2)10(14)16-5-8(13)18-9-11(15)17-6-12(9,3)4;1-7(2)10(14)16-6-9(13)17-8-5-12(3,4)18-11(8)15;1-4-8(12)15-6-9(13)16-7-5-11(2,3)17-10(7)14;1-4-7(12)15-5-8(13)17-9-10(14)16-6-11(9,2)3;1-6(2)9(12)15-5-8(11)16-7-3-4-14-10(7)13;1-2-7(10)14-5-8(11)15-6-3-4-13-9(6)12/h9H,1,5-6H2,2-4H3;8H,1,5-6H2,2-4H3;4,7H,1,5-6H2,2-3H3;4,9H,1,5-6H2,2-3H3;7H,1,3-5H2,2H3;2,6H,1,3-5H2. The Hall–Kier alpha value is -11.1. The monoisotopic (exact) mass is 1440 g/mol. The molecule has 36 heteroatoms. The summed E-state index contributed by atoms with van der Waals surface area (Å²) in [4.78, 5) is 200. The van der Waals surface area contributed by atoms with Crippen molar-refractivity contribution < 1.29 is 172 Å². The zero-order valence-electron chi connectivity index (χ0n) is 57.5. The zero-order chi connectivity index (χ0) is 77.3. The van der Waals surface area contributed by atoms with Gasteiger partial charge in [-0.05, 0) is 48.5 Å². The van der Waals surface area contributed by atoms with Crippen LogP contribution < -0.4 is 0 Å². The predicted molar refractivity (Wildman–Crippen MR) is 330 cm³/mol. The van der Waals surface area contributed by atoms with Crippen molar-refractivity contribution in [1.82, 2.24) is 0 Å². The highest BCUT2D eigenvalue weighted by atomic mass is 16.7. The van der Waals surface area contributed by atoms with Crippen LogP contribution in [0.3, 0.4) is 0 Å². The maximum absolute atomic E-state index is 11.4. The van der Waals surface area contributed by atoms with Gasteiger partial charge in [0.1, 0.15) is 24.4 Å². The summed E-state index contributed by atoms with van der Waals surface area (Å²) in [7, 11) is 0. The van der Waals surface area contributed by atoms with Gasteiger partial charge in [-0.25, -0.2) is 86.3 Å². The van der Waals surface area contributed by atoms with E-state index in [-0.39, 0.29) is 56.0 Å². The average Bonchev–Trinajstić information content (AvgIpc) is 1.70. The number of hydrogen-bond donors (Lipinski definition) is 0. The maximum Gasteiger partial charge on any atom is 0.348 e. The Morgan fingerprint density at radius 2 is 0.614 bits per heavy atom. The molecular formula is C65H82O36. The van der Waals surface area contributed by atoms with Gasteiger partial charge < -0.3 is 85.3 Å². The molecule has 0 bridgehead atoms. The molecular weight excluding hydrogens is 1360 g/mol. The zero-order valence-corrected chi connectivity index (χ0v) is 57.5. The molecule has 0 spiro atoms. The molecule has 0 aromatic heterocycles. The summed E-state index contributed by atoms with van der Waals surface area (Å²) in [6.07, 6.45) is -1.52. The Labute approximate surface area is 578 Å². The van der Waals surface area contributed by atoms with Crippen LogP contribution >= 0.6 is 0 Å². The normalized spacial score (nSPS) is 20.6. The summed E-state index contributed by atoms with van der Waals surface area (Å²) in [6.45, 7) is 35.4. The SMILES string of the molecule is C=C(C)C(=O)OCC(=O)OC1C(=O)OCC1(C)C.C=C(C)C(=O)OCC(=O)OC1CC(C)(C)OC1=O.C=C(C)C(=O)OCC(=O)OC1CCOC1=O.C=CC(=O)OCC(=O)OC1C(=O)OCC1(C)C.C=CC(=O)OCC(=O)OC1CC(C)(C)OC1=O.C=CC(=O)OCC(=O)OC1CCOC1=O. The van der Waals surface area contributed by atoms with Crippen molar-refractivity contribution in [3.8, 4) is 0 Å². The molecule has 6 heterocycles. The van der Waals surface area contributed by atoms with Crippen LogP contribution in [0.5, 0.6) is 0 Å². The Kier molecular flexibility index (Phi) is 36.0. The molecule has 6 rings (SSSR count). The fourth-order valence-electron chi connectivity index (χ4n) is 7.45. The molecule has 6 aliphatic heterocycles. The first-order valence-electron chi connectivity index (χ1n) is 29.9. The van der Waals surface area contributed by atoms with E-state index in [1.807, 2.05) is 0 Å². The van der Waals surface area contributed by atoms with Crippen LogP contribution in [-0.4, -0.2) is 221 Å². The van der Waals surface area contributed by atoms with Crippen LogP contribution in [0, 0.1) is 10.8 Å². The Morgan fingerprint density at radius 1 is 0.366 bits per heavy atom. The van der Waals surface area contributed by atoms with Gasteiger partial charge in [0.15, 0.2) is 39.6 Å². The van der Waals surface area contributed by atoms with Crippen molar-refractivity contribution in [2.75, 3.05) is 66.1 Å². The van der Waals surface area contributed by atoms with E-state index in [2.05, 4.69) is 77.4 Å². The molecule has 0 radical (unpaired) electrons. The first-order valence-corrected chi connectivity index (χ1v) is 29.9. The molecule has 558 valence electrons. The van der Waals surface area contributed by atoms with E-state index in [1.165, 1.54) is 20.8 Å². The Morgan fingerprint density at radius 3 is 0.812 bits per heavy atom. The molecule has 6 unspecified atom stereocenters. The average molecular weight is 1440 g/mol. The number of carbonyl (C=O) groups is 18. The predicted octanol–water partition coefficient (Wildman–Crippen LogP) is 1.45. The quantitative estimate of drug-likeness (QED) is 0.0749. The van der Waals surface area contributed by atoms with Crippen LogP contribution in [0.4, 0.5) is 0 Å². The summed E-state index contributed by atoms with van der Waals surface area (Å²) in [5.41, 5.74) is -1.88. The minimum Gasteiger partial charge on any atom is -0.463 e. The van der Waals surface area contributed by atoms with Crippen LogP contribution in [0.2, 0.25) is 0 Å². The number of cyclic esters (lactones) is 6. The molecule has 6 aliphatic rings. The lowest BCUT2D eigenvalue weighted by molar-refractivity contribution is -0.168.